The van der Waals surface area contributed by atoms with Crippen LogP contribution in [0.15, 0.2) is 89.6 Å². The van der Waals surface area contributed by atoms with Gasteiger partial charge in [0.1, 0.15) is 0 Å². The molecular weight excluding hydrogens is 336 g/mol. The van der Waals surface area contributed by atoms with Crippen molar-refractivity contribution in [1.29, 1.82) is 0 Å². The summed E-state index contributed by atoms with van der Waals surface area (Å²) in [5, 5.41) is 3.39. The molecule has 0 spiro atoms. The summed E-state index contributed by atoms with van der Waals surface area (Å²) in [5.41, 5.74) is 5.20. The van der Waals surface area contributed by atoms with Crippen molar-refractivity contribution in [2.75, 3.05) is 5.32 Å². The highest BCUT2D eigenvalue weighted by atomic mass is 16.6. The molecular formula is C23H18N2O2. The third-order valence-electron chi connectivity index (χ3n) is 4.28. The van der Waals surface area contributed by atoms with E-state index in [-0.39, 0.29) is 0 Å². The van der Waals surface area contributed by atoms with Crippen molar-refractivity contribution in [3.63, 3.8) is 0 Å². The number of ether oxygens (including phenoxy) is 1. The minimum Gasteiger partial charge on any atom is -0.402 e. The molecule has 1 aliphatic rings. The molecule has 0 amide bonds. The van der Waals surface area contributed by atoms with E-state index in [1.54, 1.807) is 6.08 Å². The Labute approximate surface area is 157 Å². The zero-order valence-electron chi connectivity index (χ0n) is 14.8. The molecule has 132 valence electrons. The first-order valence-electron chi connectivity index (χ1n) is 8.70. The molecule has 3 aromatic carbocycles. The molecule has 0 fully saturated rings. The van der Waals surface area contributed by atoms with Crippen LogP contribution < -0.4 is 5.32 Å². The molecule has 4 nitrogen and oxygen atoms in total. The number of carbonyl (C=O) groups is 1. The van der Waals surface area contributed by atoms with Gasteiger partial charge in [0.2, 0.25) is 5.90 Å². The van der Waals surface area contributed by atoms with Crippen LogP contribution in [0.1, 0.15) is 16.7 Å². The van der Waals surface area contributed by atoms with Crippen molar-refractivity contribution in [1.82, 2.24) is 0 Å². The van der Waals surface area contributed by atoms with Crippen molar-refractivity contribution in [3.8, 4) is 0 Å². The Morgan fingerprint density at radius 2 is 1.59 bits per heavy atom. The zero-order chi connectivity index (χ0) is 18.6. The predicted octanol–water partition coefficient (Wildman–Crippen LogP) is 5.08. The molecule has 0 aromatic heterocycles. The van der Waals surface area contributed by atoms with Crippen molar-refractivity contribution in [2.24, 2.45) is 4.99 Å². The van der Waals surface area contributed by atoms with Gasteiger partial charge in [-0.25, -0.2) is 9.79 Å². The summed E-state index contributed by atoms with van der Waals surface area (Å²) in [6, 6.07) is 25.3. The normalized spacial score (nSPS) is 14.8. The maximum Gasteiger partial charge on any atom is 0.363 e. The van der Waals surface area contributed by atoms with Gasteiger partial charge in [-0.2, -0.15) is 0 Å². The molecule has 0 radical (unpaired) electrons. The van der Waals surface area contributed by atoms with Crippen molar-refractivity contribution < 1.29 is 9.53 Å². The number of aryl methyl sites for hydroxylation is 1. The van der Waals surface area contributed by atoms with Crippen molar-refractivity contribution in [3.05, 3.63) is 101 Å². The third-order valence-corrected chi connectivity index (χ3v) is 4.28. The van der Waals surface area contributed by atoms with E-state index in [1.165, 1.54) is 5.56 Å². The predicted molar refractivity (Wildman–Crippen MR) is 108 cm³/mol. The molecule has 4 heteroatoms. The van der Waals surface area contributed by atoms with Gasteiger partial charge in [-0.1, -0.05) is 48.5 Å². The average molecular weight is 354 g/mol. The first kappa shape index (κ1) is 16.8. The lowest BCUT2D eigenvalue weighted by Gasteiger charge is -2.09. The lowest BCUT2D eigenvalue weighted by atomic mass is 10.1. The van der Waals surface area contributed by atoms with Crippen LogP contribution in [0.25, 0.3) is 6.08 Å². The van der Waals surface area contributed by atoms with E-state index in [0.717, 1.165) is 22.5 Å². The van der Waals surface area contributed by atoms with E-state index in [1.807, 2.05) is 72.8 Å². The Kier molecular flexibility index (Phi) is 4.54. The van der Waals surface area contributed by atoms with Gasteiger partial charge >= 0.3 is 5.97 Å². The second kappa shape index (κ2) is 7.30. The Balaban J connectivity index is 1.53. The van der Waals surface area contributed by atoms with Crippen LogP contribution >= 0.6 is 0 Å². The fourth-order valence-electron chi connectivity index (χ4n) is 2.80. The summed E-state index contributed by atoms with van der Waals surface area (Å²) < 4.78 is 5.28. The maximum absolute atomic E-state index is 12.1. The van der Waals surface area contributed by atoms with E-state index in [4.69, 9.17) is 4.74 Å². The van der Waals surface area contributed by atoms with Crippen LogP contribution in [0.3, 0.4) is 0 Å². The fourth-order valence-corrected chi connectivity index (χ4v) is 2.80. The van der Waals surface area contributed by atoms with Gasteiger partial charge in [-0.05, 0) is 54.5 Å². The van der Waals surface area contributed by atoms with Gasteiger partial charge < -0.3 is 10.1 Å². The number of esters is 1. The third kappa shape index (κ3) is 3.80. The molecule has 1 aliphatic heterocycles. The lowest BCUT2D eigenvalue weighted by molar-refractivity contribution is -0.129. The van der Waals surface area contributed by atoms with Gasteiger partial charge in [-0.3, -0.25) is 0 Å². The molecule has 0 bridgehead atoms. The van der Waals surface area contributed by atoms with E-state index in [2.05, 4.69) is 23.3 Å². The average Bonchev–Trinajstić information content (AvgIpc) is 3.06. The Morgan fingerprint density at radius 1 is 0.889 bits per heavy atom. The van der Waals surface area contributed by atoms with Gasteiger partial charge in [0.05, 0.1) is 0 Å². The van der Waals surface area contributed by atoms with Gasteiger partial charge in [0.15, 0.2) is 5.70 Å². The number of nitrogens with zero attached hydrogens (tertiary/aromatic N) is 1. The van der Waals surface area contributed by atoms with Crippen molar-refractivity contribution >= 4 is 29.3 Å². The molecule has 1 heterocycles. The molecule has 0 aliphatic carbocycles. The minimum atomic E-state index is -0.434. The highest BCUT2D eigenvalue weighted by Crippen LogP contribution is 2.23. The number of aliphatic imine (C=N–C) groups is 1. The van der Waals surface area contributed by atoms with E-state index < -0.39 is 5.97 Å². The van der Waals surface area contributed by atoms with Crippen LogP contribution in [-0.4, -0.2) is 11.9 Å². The van der Waals surface area contributed by atoms with Crippen LogP contribution in [0.4, 0.5) is 11.4 Å². The standard InChI is InChI=1S/C23H18N2O2/c1-16-7-5-6-10-20(16)24-19-13-11-17(12-14-19)15-21-23(26)27-22(25-21)18-8-3-2-4-9-18/h2-15,24H,1H3/b21-15+. The molecule has 0 unspecified atom stereocenters. The van der Waals surface area contributed by atoms with Crippen LogP contribution in [0, 0.1) is 6.92 Å². The molecule has 27 heavy (non-hydrogen) atoms. The monoisotopic (exact) mass is 354 g/mol. The summed E-state index contributed by atoms with van der Waals surface area (Å²) in [6.45, 7) is 2.06. The number of anilines is 2. The number of cyclic esters (lactones) is 1. The smallest absolute Gasteiger partial charge is 0.363 e. The number of hydrogen-bond acceptors (Lipinski definition) is 4. The van der Waals surface area contributed by atoms with Crippen LogP contribution in [0.2, 0.25) is 0 Å². The van der Waals surface area contributed by atoms with E-state index >= 15 is 0 Å². The fraction of sp³-hybridized carbons (Fsp3) is 0.0435. The number of para-hydroxylation sites is 1. The Hall–Kier alpha value is -3.66. The maximum atomic E-state index is 12.1. The largest absolute Gasteiger partial charge is 0.402 e. The number of nitrogens with one attached hydrogen (secondary N) is 1. The first-order valence-corrected chi connectivity index (χ1v) is 8.70. The summed E-state index contributed by atoms with van der Waals surface area (Å²) in [7, 11) is 0. The SMILES string of the molecule is Cc1ccccc1Nc1ccc(/C=C2/N=C(c3ccccc3)OC2=O)cc1. The molecule has 0 saturated heterocycles. The quantitative estimate of drug-likeness (QED) is 0.525. The zero-order valence-corrected chi connectivity index (χ0v) is 14.8. The van der Waals surface area contributed by atoms with E-state index in [9.17, 15) is 4.79 Å². The Bertz CT molecular complexity index is 1040. The molecule has 4 rings (SSSR count). The highest BCUT2D eigenvalue weighted by Gasteiger charge is 2.23. The van der Waals surface area contributed by atoms with Gasteiger partial charge in [-0.15, -0.1) is 0 Å². The first-order chi connectivity index (χ1) is 13.2. The number of benzene rings is 3. The second-order valence-corrected chi connectivity index (χ2v) is 6.26. The second-order valence-electron chi connectivity index (χ2n) is 6.26. The summed E-state index contributed by atoms with van der Waals surface area (Å²) in [6.07, 6.45) is 1.73. The lowest BCUT2D eigenvalue weighted by Crippen LogP contribution is -2.04. The number of hydrogen-bond donors (Lipinski definition) is 1. The van der Waals surface area contributed by atoms with Gasteiger partial charge in [0.25, 0.3) is 0 Å². The highest BCUT2D eigenvalue weighted by molar-refractivity contribution is 6.12. The van der Waals surface area contributed by atoms with E-state index in [0.29, 0.717) is 11.6 Å². The molecule has 3 aromatic rings. The summed E-state index contributed by atoms with van der Waals surface area (Å²) >= 11 is 0. The Morgan fingerprint density at radius 3 is 2.33 bits per heavy atom. The summed E-state index contributed by atoms with van der Waals surface area (Å²) in [5.74, 6) is -0.0966. The summed E-state index contributed by atoms with van der Waals surface area (Å²) in [4.78, 5) is 16.4. The van der Waals surface area contributed by atoms with Crippen LogP contribution in [0.5, 0.6) is 0 Å². The number of rotatable bonds is 4. The van der Waals surface area contributed by atoms with Crippen LogP contribution in [-0.2, 0) is 9.53 Å². The minimum absolute atomic E-state index is 0.300. The molecule has 0 atom stereocenters. The number of carbonyl (C=O) groups excluding carboxylic acids is 1. The van der Waals surface area contributed by atoms with Gasteiger partial charge in [0, 0.05) is 16.9 Å². The topological polar surface area (TPSA) is 50.7 Å². The molecule has 0 saturated carbocycles. The van der Waals surface area contributed by atoms with Crippen molar-refractivity contribution in [2.45, 2.75) is 6.92 Å². The molecule has 1 N–H and O–H groups in total.